The Morgan fingerprint density at radius 3 is 2.94 bits per heavy atom. The number of hydrogen-bond acceptors (Lipinski definition) is 3. The molecule has 2 heterocycles. The minimum Gasteiger partial charge on any atom is -0.332 e. The number of piperazine rings is 1. The van der Waals surface area contributed by atoms with Gasteiger partial charge in [-0.15, -0.1) is 0 Å². The van der Waals surface area contributed by atoms with E-state index in [4.69, 9.17) is 0 Å². The molecule has 0 saturated carbocycles. The smallest absolute Gasteiger partial charge is 0.272 e. The lowest BCUT2D eigenvalue weighted by atomic mass is 10.2. The molecule has 5 heteroatoms. The van der Waals surface area contributed by atoms with E-state index >= 15 is 0 Å². The quantitative estimate of drug-likeness (QED) is 0.736. The van der Waals surface area contributed by atoms with Crippen molar-refractivity contribution in [3.63, 3.8) is 0 Å². The highest BCUT2D eigenvalue weighted by molar-refractivity contribution is 5.93. The van der Waals surface area contributed by atoms with Gasteiger partial charge in [0.1, 0.15) is 5.69 Å². The fourth-order valence-corrected chi connectivity index (χ4v) is 2.10. The van der Waals surface area contributed by atoms with Crippen LogP contribution in [0.1, 0.15) is 23.1 Å². The van der Waals surface area contributed by atoms with E-state index in [1.54, 1.807) is 4.68 Å². The summed E-state index contributed by atoms with van der Waals surface area (Å²) in [6.45, 7) is 6.46. The summed E-state index contributed by atoms with van der Waals surface area (Å²) < 4.78 is 1.66. The van der Waals surface area contributed by atoms with Crippen LogP contribution in [-0.2, 0) is 7.05 Å². The average molecular weight is 222 g/mol. The molecule has 1 amide bonds. The van der Waals surface area contributed by atoms with E-state index in [1.807, 2.05) is 24.9 Å². The zero-order chi connectivity index (χ0) is 11.7. The Morgan fingerprint density at radius 2 is 2.38 bits per heavy atom. The van der Waals surface area contributed by atoms with Crippen LogP contribution in [0.2, 0.25) is 0 Å². The second-order valence-electron chi connectivity index (χ2n) is 4.35. The molecule has 1 aromatic rings. The summed E-state index contributed by atoms with van der Waals surface area (Å²) in [6, 6.07) is 2.09. The van der Waals surface area contributed by atoms with E-state index in [0.29, 0.717) is 5.69 Å². The lowest BCUT2D eigenvalue weighted by molar-refractivity contribution is 0.0644. The number of nitrogens with zero attached hydrogens (tertiary/aromatic N) is 3. The number of aryl methyl sites for hydroxylation is 2. The van der Waals surface area contributed by atoms with Gasteiger partial charge < -0.3 is 10.2 Å². The molecular formula is C11H18N4O. The minimum absolute atomic E-state index is 0.0806. The van der Waals surface area contributed by atoms with Gasteiger partial charge in [-0.1, -0.05) is 0 Å². The van der Waals surface area contributed by atoms with Crippen LogP contribution in [0.4, 0.5) is 0 Å². The molecular weight excluding hydrogens is 204 g/mol. The number of hydrogen-bond donors (Lipinski definition) is 1. The Morgan fingerprint density at radius 1 is 1.62 bits per heavy atom. The zero-order valence-electron chi connectivity index (χ0n) is 10.0. The van der Waals surface area contributed by atoms with Gasteiger partial charge in [-0.2, -0.15) is 5.10 Å². The van der Waals surface area contributed by atoms with Crippen molar-refractivity contribution in [1.82, 2.24) is 20.0 Å². The molecule has 1 atom stereocenters. The van der Waals surface area contributed by atoms with Crippen molar-refractivity contribution in [3.8, 4) is 0 Å². The molecule has 0 spiro atoms. The minimum atomic E-state index is 0.0806. The van der Waals surface area contributed by atoms with Crippen molar-refractivity contribution in [2.75, 3.05) is 19.6 Å². The highest BCUT2D eigenvalue weighted by Crippen LogP contribution is 2.10. The van der Waals surface area contributed by atoms with Gasteiger partial charge >= 0.3 is 0 Å². The summed E-state index contributed by atoms with van der Waals surface area (Å²) in [6.07, 6.45) is 0. The molecule has 1 aromatic heterocycles. The third-order valence-electron chi connectivity index (χ3n) is 2.98. The molecule has 0 aliphatic carbocycles. The summed E-state index contributed by atoms with van der Waals surface area (Å²) >= 11 is 0. The Hall–Kier alpha value is -1.36. The van der Waals surface area contributed by atoms with Crippen molar-refractivity contribution in [2.45, 2.75) is 19.9 Å². The van der Waals surface area contributed by atoms with Crippen LogP contribution in [0.25, 0.3) is 0 Å². The van der Waals surface area contributed by atoms with E-state index in [9.17, 15) is 4.79 Å². The number of carbonyl (C=O) groups is 1. The molecule has 2 rings (SSSR count). The summed E-state index contributed by atoms with van der Waals surface area (Å²) in [4.78, 5) is 14.2. The van der Waals surface area contributed by atoms with Gasteiger partial charge in [0, 0.05) is 32.7 Å². The second kappa shape index (κ2) is 4.25. The molecule has 1 aliphatic heterocycles. The number of carbonyl (C=O) groups excluding carboxylic acids is 1. The zero-order valence-corrected chi connectivity index (χ0v) is 10.0. The Bertz CT molecular complexity index is 399. The first kappa shape index (κ1) is 11.1. The molecule has 1 aliphatic rings. The standard InChI is InChI=1S/C11H18N4O/c1-8-6-10(14(3)13-8)11(16)15-5-4-12-7-9(15)2/h6,9,12H,4-5,7H2,1-3H3/t9-/m1/s1. The second-order valence-corrected chi connectivity index (χ2v) is 4.35. The molecule has 0 unspecified atom stereocenters. The monoisotopic (exact) mass is 222 g/mol. The maximum absolute atomic E-state index is 12.3. The number of rotatable bonds is 1. The van der Waals surface area contributed by atoms with Crippen molar-refractivity contribution in [1.29, 1.82) is 0 Å². The molecule has 1 N–H and O–H groups in total. The van der Waals surface area contributed by atoms with Gasteiger partial charge in [0.05, 0.1) is 5.69 Å². The largest absolute Gasteiger partial charge is 0.332 e. The Kier molecular flexibility index (Phi) is 2.96. The van der Waals surface area contributed by atoms with Crippen LogP contribution < -0.4 is 5.32 Å². The van der Waals surface area contributed by atoms with Crippen molar-refractivity contribution >= 4 is 5.91 Å². The van der Waals surface area contributed by atoms with Gasteiger partial charge in [0.2, 0.25) is 0 Å². The summed E-state index contributed by atoms with van der Waals surface area (Å²) in [7, 11) is 1.81. The molecule has 0 bridgehead atoms. The lowest BCUT2D eigenvalue weighted by Crippen LogP contribution is -2.52. The van der Waals surface area contributed by atoms with Gasteiger partial charge in [-0.05, 0) is 19.9 Å². The third kappa shape index (κ3) is 1.95. The van der Waals surface area contributed by atoms with Crippen molar-refractivity contribution in [2.24, 2.45) is 7.05 Å². The van der Waals surface area contributed by atoms with Gasteiger partial charge in [0.25, 0.3) is 5.91 Å². The van der Waals surface area contributed by atoms with E-state index in [0.717, 1.165) is 25.3 Å². The summed E-state index contributed by atoms with van der Waals surface area (Å²) in [5, 5.41) is 7.48. The fraction of sp³-hybridized carbons (Fsp3) is 0.636. The van der Waals surface area contributed by atoms with Crippen LogP contribution in [-0.4, -0.2) is 46.3 Å². The number of aromatic nitrogens is 2. The van der Waals surface area contributed by atoms with Crippen molar-refractivity contribution < 1.29 is 4.79 Å². The third-order valence-corrected chi connectivity index (χ3v) is 2.98. The molecule has 0 aromatic carbocycles. The van der Waals surface area contributed by atoms with Gasteiger partial charge in [0.15, 0.2) is 0 Å². The van der Waals surface area contributed by atoms with Gasteiger partial charge in [-0.25, -0.2) is 0 Å². The van der Waals surface area contributed by atoms with Crippen LogP contribution in [0.3, 0.4) is 0 Å². The Labute approximate surface area is 95.4 Å². The van der Waals surface area contributed by atoms with Crippen molar-refractivity contribution in [3.05, 3.63) is 17.5 Å². The number of amides is 1. The van der Waals surface area contributed by atoms with E-state index in [-0.39, 0.29) is 11.9 Å². The van der Waals surface area contributed by atoms with Gasteiger partial charge in [-0.3, -0.25) is 9.48 Å². The Balaban J connectivity index is 2.21. The van der Waals surface area contributed by atoms with Crippen LogP contribution in [0.15, 0.2) is 6.07 Å². The molecule has 1 saturated heterocycles. The van der Waals surface area contributed by atoms with E-state index in [1.165, 1.54) is 0 Å². The summed E-state index contributed by atoms with van der Waals surface area (Å²) in [5.41, 5.74) is 1.56. The number of nitrogens with one attached hydrogen (secondary N) is 1. The molecule has 88 valence electrons. The first-order valence-corrected chi connectivity index (χ1v) is 5.62. The predicted molar refractivity (Wildman–Crippen MR) is 61.3 cm³/mol. The lowest BCUT2D eigenvalue weighted by Gasteiger charge is -2.33. The van der Waals surface area contributed by atoms with Crippen LogP contribution >= 0.6 is 0 Å². The molecule has 0 radical (unpaired) electrons. The average Bonchev–Trinajstić information content (AvgIpc) is 2.58. The first-order valence-electron chi connectivity index (χ1n) is 5.62. The molecule has 16 heavy (non-hydrogen) atoms. The fourth-order valence-electron chi connectivity index (χ4n) is 2.10. The molecule has 1 fully saturated rings. The maximum atomic E-state index is 12.3. The van der Waals surface area contributed by atoms with Crippen LogP contribution in [0, 0.1) is 6.92 Å². The SMILES string of the molecule is Cc1cc(C(=O)N2CCNC[C@H]2C)n(C)n1. The first-order chi connectivity index (χ1) is 7.59. The molecule has 5 nitrogen and oxygen atoms in total. The maximum Gasteiger partial charge on any atom is 0.272 e. The topological polar surface area (TPSA) is 50.2 Å². The highest BCUT2D eigenvalue weighted by atomic mass is 16.2. The normalized spacial score (nSPS) is 21.2. The van der Waals surface area contributed by atoms with Crippen LogP contribution in [0.5, 0.6) is 0 Å². The van der Waals surface area contributed by atoms with E-state index in [2.05, 4.69) is 17.3 Å². The highest BCUT2D eigenvalue weighted by Gasteiger charge is 2.25. The predicted octanol–water partition coefficient (Wildman–Crippen LogP) is 0.162. The summed E-state index contributed by atoms with van der Waals surface area (Å²) in [5.74, 6) is 0.0806. The van der Waals surface area contributed by atoms with E-state index < -0.39 is 0 Å².